The van der Waals surface area contributed by atoms with E-state index < -0.39 is 34.4 Å². The van der Waals surface area contributed by atoms with Crippen LogP contribution in [-0.4, -0.2) is 16.4 Å². The lowest BCUT2D eigenvalue weighted by Gasteiger charge is -2.20. The average Bonchev–Trinajstić information content (AvgIpc) is 3.30. The van der Waals surface area contributed by atoms with Crippen LogP contribution in [0.15, 0.2) is 84.9 Å². The van der Waals surface area contributed by atoms with Gasteiger partial charge in [-0.2, -0.15) is 0 Å². The van der Waals surface area contributed by atoms with Gasteiger partial charge in [0.05, 0.1) is 0 Å². The molecule has 1 saturated carbocycles. The van der Waals surface area contributed by atoms with Crippen molar-refractivity contribution in [1.29, 1.82) is 0 Å². The fourth-order valence-corrected chi connectivity index (χ4v) is 3.58. The highest BCUT2D eigenvalue weighted by atomic mass is 35.5. The Labute approximate surface area is 183 Å². The molecular formula is C23H17Cl2FO4. The molecule has 3 unspecified atom stereocenters. The molecular weight excluding hydrogens is 430 g/mol. The highest BCUT2D eigenvalue weighted by Gasteiger charge is 2.71. The molecule has 30 heavy (non-hydrogen) atoms. The lowest BCUT2D eigenvalue weighted by molar-refractivity contribution is -0.167. The molecule has 0 saturated heterocycles. The van der Waals surface area contributed by atoms with Crippen LogP contribution in [0.25, 0.3) is 0 Å². The van der Waals surface area contributed by atoms with Crippen LogP contribution in [-0.2, 0) is 9.53 Å². The van der Waals surface area contributed by atoms with Crippen LogP contribution >= 0.6 is 23.2 Å². The van der Waals surface area contributed by atoms with Gasteiger partial charge in [-0.1, -0.05) is 71.7 Å². The van der Waals surface area contributed by atoms with E-state index in [1.54, 1.807) is 48.5 Å². The van der Waals surface area contributed by atoms with Crippen molar-refractivity contribution in [3.63, 3.8) is 0 Å². The van der Waals surface area contributed by atoms with Gasteiger partial charge in [0.1, 0.15) is 29.3 Å². The number of rotatable bonds is 7. The van der Waals surface area contributed by atoms with E-state index in [2.05, 4.69) is 0 Å². The van der Waals surface area contributed by atoms with E-state index in [-0.39, 0.29) is 0 Å². The predicted molar refractivity (Wildman–Crippen MR) is 111 cm³/mol. The van der Waals surface area contributed by atoms with Gasteiger partial charge in [0.2, 0.25) is 0 Å². The summed E-state index contributed by atoms with van der Waals surface area (Å²) in [5.41, 5.74) is 0.603. The zero-order chi connectivity index (χ0) is 21.1. The van der Waals surface area contributed by atoms with Crippen molar-refractivity contribution in [2.24, 2.45) is 5.92 Å². The average molecular weight is 447 g/mol. The molecule has 0 bridgehead atoms. The van der Waals surface area contributed by atoms with E-state index in [1.165, 1.54) is 24.3 Å². The molecule has 0 amide bonds. The fraction of sp³-hybridized carbons (Fsp3) is 0.174. The maximum Gasteiger partial charge on any atom is 0.319 e. The summed E-state index contributed by atoms with van der Waals surface area (Å²) in [6.45, 7) is 0. The molecule has 0 N–H and O–H groups in total. The Morgan fingerprint density at radius 2 is 1.47 bits per heavy atom. The van der Waals surface area contributed by atoms with Gasteiger partial charge in [0.25, 0.3) is 6.29 Å². The van der Waals surface area contributed by atoms with E-state index >= 15 is 0 Å². The largest absolute Gasteiger partial charge is 0.486 e. The predicted octanol–water partition coefficient (Wildman–Crippen LogP) is 5.70. The molecule has 0 heterocycles. The Balaban J connectivity index is 1.49. The van der Waals surface area contributed by atoms with Gasteiger partial charge in [-0.3, -0.25) is 4.79 Å². The molecule has 1 aliphatic carbocycles. The summed E-state index contributed by atoms with van der Waals surface area (Å²) in [4.78, 5) is 12.8. The topological polar surface area (TPSA) is 44.8 Å². The van der Waals surface area contributed by atoms with Gasteiger partial charge in [0.15, 0.2) is 4.33 Å². The van der Waals surface area contributed by atoms with Crippen molar-refractivity contribution in [1.82, 2.24) is 0 Å². The number of carbonyl (C=O) groups excluding carboxylic acids is 1. The highest BCUT2D eigenvalue weighted by molar-refractivity contribution is 6.53. The second kappa shape index (κ2) is 8.54. The van der Waals surface area contributed by atoms with Crippen LogP contribution in [0, 0.1) is 11.7 Å². The first kappa shape index (κ1) is 20.5. The minimum Gasteiger partial charge on any atom is -0.486 e. The molecule has 4 nitrogen and oxygen atoms in total. The molecule has 1 fully saturated rings. The number of hydrogen-bond acceptors (Lipinski definition) is 4. The lowest BCUT2D eigenvalue weighted by Crippen LogP contribution is -2.20. The molecule has 4 rings (SSSR count). The van der Waals surface area contributed by atoms with Crippen molar-refractivity contribution in [2.45, 2.75) is 16.7 Å². The second-order valence-electron chi connectivity index (χ2n) is 6.75. The smallest absolute Gasteiger partial charge is 0.319 e. The van der Waals surface area contributed by atoms with Crippen LogP contribution in [0.1, 0.15) is 11.9 Å². The van der Waals surface area contributed by atoms with E-state index in [0.29, 0.717) is 17.1 Å². The quantitative estimate of drug-likeness (QED) is 0.265. The molecule has 7 heteroatoms. The molecule has 0 radical (unpaired) electrons. The van der Waals surface area contributed by atoms with E-state index in [4.69, 9.17) is 37.4 Å². The van der Waals surface area contributed by atoms with Gasteiger partial charge < -0.3 is 14.2 Å². The van der Waals surface area contributed by atoms with Crippen molar-refractivity contribution >= 4 is 29.2 Å². The molecule has 0 aromatic heterocycles. The zero-order valence-electron chi connectivity index (χ0n) is 15.6. The van der Waals surface area contributed by atoms with Gasteiger partial charge in [-0.25, -0.2) is 4.39 Å². The number of halogens is 3. The first-order valence-electron chi connectivity index (χ1n) is 9.22. The van der Waals surface area contributed by atoms with Gasteiger partial charge in [-0.15, -0.1) is 0 Å². The van der Waals surface area contributed by atoms with Crippen LogP contribution in [0.3, 0.4) is 0 Å². The third kappa shape index (κ3) is 4.53. The molecule has 154 valence electrons. The number of para-hydroxylation sites is 1. The van der Waals surface area contributed by atoms with Crippen molar-refractivity contribution in [3.8, 4) is 11.5 Å². The summed E-state index contributed by atoms with van der Waals surface area (Å²) in [6.07, 6.45) is -1.82. The molecule has 3 aromatic carbocycles. The Morgan fingerprint density at radius 3 is 2.10 bits per heavy atom. The van der Waals surface area contributed by atoms with E-state index in [0.717, 1.165) is 0 Å². The summed E-state index contributed by atoms with van der Waals surface area (Å²) < 4.78 is 28.9. The number of ether oxygens (including phenoxy) is 3. The van der Waals surface area contributed by atoms with Crippen molar-refractivity contribution < 1.29 is 23.4 Å². The maximum atomic E-state index is 13.2. The fourth-order valence-electron chi connectivity index (χ4n) is 2.96. The Hall–Kier alpha value is -2.76. The highest BCUT2D eigenvalue weighted by Crippen LogP contribution is 2.56. The summed E-state index contributed by atoms with van der Waals surface area (Å²) in [5, 5.41) is 0. The number of alkyl halides is 2. The normalized spacial score (nSPS) is 20.1. The summed E-state index contributed by atoms with van der Waals surface area (Å²) in [6, 6.07) is 23.3. The molecule has 3 aromatic rings. The Morgan fingerprint density at radius 1 is 0.867 bits per heavy atom. The minimum absolute atomic E-state index is 0.342. The van der Waals surface area contributed by atoms with Gasteiger partial charge >= 0.3 is 5.97 Å². The first-order valence-corrected chi connectivity index (χ1v) is 9.98. The van der Waals surface area contributed by atoms with Crippen molar-refractivity contribution in [3.05, 3.63) is 96.3 Å². The number of hydrogen-bond donors (Lipinski definition) is 0. The standard InChI is InChI=1S/C23H17Cl2FO4/c24-23(25)19(20(23)28-17-9-5-2-6-10-17)21(27)30-22(15-7-3-1-4-8-15)29-18-13-11-16(26)12-14-18/h1-14,19-20,22H. The first-order chi connectivity index (χ1) is 14.4. The summed E-state index contributed by atoms with van der Waals surface area (Å²) in [5.74, 6) is -1.05. The van der Waals surface area contributed by atoms with Crippen LogP contribution < -0.4 is 9.47 Å². The van der Waals surface area contributed by atoms with Crippen molar-refractivity contribution in [2.75, 3.05) is 0 Å². The minimum atomic E-state index is -1.41. The van der Waals surface area contributed by atoms with E-state index in [1.807, 2.05) is 12.1 Å². The van der Waals surface area contributed by atoms with Gasteiger partial charge in [-0.05, 0) is 36.4 Å². The summed E-state index contributed by atoms with van der Waals surface area (Å²) >= 11 is 12.6. The van der Waals surface area contributed by atoms with Crippen LogP contribution in [0.4, 0.5) is 4.39 Å². The van der Waals surface area contributed by atoms with Gasteiger partial charge in [0, 0.05) is 5.56 Å². The van der Waals surface area contributed by atoms with E-state index in [9.17, 15) is 9.18 Å². The Kier molecular flexibility index (Phi) is 5.84. The molecule has 0 aliphatic heterocycles. The SMILES string of the molecule is O=C(OC(Oc1ccc(F)cc1)c1ccccc1)C1C(Oc2ccccc2)C1(Cl)Cl. The molecule has 3 atom stereocenters. The zero-order valence-corrected chi connectivity index (χ0v) is 17.1. The third-order valence-electron chi connectivity index (χ3n) is 4.60. The molecule has 1 aliphatic rings. The number of carbonyl (C=O) groups is 1. The van der Waals surface area contributed by atoms with Crippen LogP contribution in [0.5, 0.6) is 11.5 Å². The lowest BCUT2D eigenvalue weighted by atomic mass is 10.2. The third-order valence-corrected chi connectivity index (χ3v) is 5.50. The monoisotopic (exact) mass is 446 g/mol. The molecule has 0 spiro atoms. The maximum absolute atomic E-state index is 13.2. The summed E-state index contributed by atoms with van der Waals surface area (Å²) in [7, 11) is 0. The van der Waals surface area contributed by atoms with Crippen LogP contribution in [0.2, 0.25) is 0 Å². The second-order valence-corrected chi connectivity index (χ2v) is 8.20. The Bertz CT molecular complexity index is 997. The number of benzene rings is 3. The number of esters is 1.